The van der Waals surface area contributed by atoms with Crippen LogP contribution in [-0.4, -0.2) is 43.1 Å². The van der Waals surface area contributed by atoms with Gasteiger partial charge in [0.1, 0.15) is 4.88 Å². The Hall–Kier alpha value is -1.97. The highest BCUT2D eigenvalue weighted by Gasteiger charge is 2.22. The number of ether oxygens (including phenoxy) is 1. The van der Waals surface area contributed by atoms with E-state index in [2.05, 4.69) is 20.7 Å². The summed E-state index contributed by atoms with van der Waals surface area (Å²) in [5.41, 5.74) is 7.05. The SMILES string of the molecule is Cc1nc(N2CCOCC2)sc1C(=O)NNC(=O)c1cc2c(s1)CCCCC2. The number of nitrogens with zero attached hydrogens (tertiary/aromatic N) is 2. The molecule has 0 aromatic carbocycles. The van der Waals surface area contributed by atoms with Crippen molar-refractivity contribution in [3.8, 4) is 0 Å². The van der Waals surface area contributed by atoms with Crippen LogP contribution in [0.1, 0.15) is 54.7 Å². The Morgan fingerprint density at radius 1 is 1.07 bits per heavy atom. The van der Waals surface area contributed by atoms with Gasteiger partial charge in [0.25, 0.3) is 11.8 Å². The smallest absolute Gasteiger partial charge is 0.281 e. The van der Waals surface area contributed by atoms with Crippen LogP contribution < -0.4 is 15.8 Å². The molecule has 2 amide bonds. The summed E-state index contributed by atoms with van der Waals surface area (Å²) in [5, 5.41) is 0.819. The monoisotopic (exact) mass is 420 g/mol. The number of hydrogen-bond acceptors (Lipinski definition) is 7. The zero-order chi connectivity index (χ0) is 19.5. The van der Waals surface area contributed by atoms with Gasteiger partial charge in [0, 0.05) is 18.0 Å². The van der Waals surface area contributed by atoms with E-state index >= 15 is 0 Å². The molecule has 3 heterocycles. The number of hydrazine groups is 1. The predicted octanol–water partition coefficient (Wildman–Crippen LogP) is 2.69. The highest BCUT2D eigenvalue weighted by molar-refractivity contribution is 7.17. The Bertz CT molecular complexity index is 847. The second-order valence-corrected chi connectivity index (χ2v) is 9.15. The number of thiazole rings is 1. The van der Waals surface area contributed by atoms with Crippen molar-refractivity contribution < 1.29 is 14.3 Å². The summed E-state index contributed by atoms with van der Waals surface area (Å²) in [6.45, 7) is 4.69. The maximum Gasteiger partial charge on any atom is 0.281 e. The number of amides is 2. The van der Waals surface area contributed by atoms with Crippen LogP contribution in [-0.2, 0) is 17.6 Å². The zero-order valence-corrected chi connectivity index (χ0v) is 17.5. The van der Waals surface area contributed by atoms with Crippen LogP contribution in [0.25, 0.3) is 0 Å². The van der Waals surface area contributed by atoms with Crippen LogP contribution in [0.5, 0.6) is 0 Å². The topological polar surface area (TPSA) is 83.6 Å². The average Bonchev–Trinajstić information content (AvgIpc) is 3.23. The van der Waals surface area contributed by atoms with E-state index in [0.29, 0.717) is 28.7 Å². The van der Waals surface area contributed by atoms with Gasteiger partial charge in [0.2, 0.25) is 0 Å². The number of carbonyl (C=O) groups excluding carboxylic acids is 2. The third kappa shape index (κ3) is 4.21. The van der Waals surface area contributed by atoms with Crippen molar-refractivity contribution in [3.63, 3.8) is 0 Å². The molecule has 2 N–H and O–H groups in total. The summed E-state index contributed by atoms with van der Waals surface area (Å²) < 4.78 is 5.36. The van der Waals surface area contributed by atoms with E-state index in [1.54, 1.807) is 0 Å². The molecule has 0 spiro atoms. The first-order valence-corrected chi connectivity index (χ1v) is 11.3. The van der Waals surface area contributed by atoms with Crippen molar-refractivity contribution in [2.75, 3.05) is 31.2 Å². The Balaban J connectivity index is 1.37. The third-order valence-electron chi connectivity index (χ3n) is 5.03. The van der Waals surface area contributed by atoms with Gasteiger partial charge in [0.15, 0.2) is 5.13 Å². The van der Waals surface area contributed by atoms with E-state index < -0.39 is 0 Å². The molecule has 0 radical (unpaired) electrons. The minimum Gasteiger partial charge on any atom is -0.378 e. The number of anilines is 1. The molecule has 1 aliphatic heterocycles. The van der Waals surface area contributed by atoms with E-state index in [4.69, 9.17) is 4.74 Å². The Labute approximate surface area is 172 Å². The zero-order valence-electron chi connectivity index (χ0n) is 15.9. The van der Waals surface area contributed by atoms with Gasteiger partial charge in [-0.3, -0.25) is 20.4 Å². The molecule has 2 aromatic rings. The molecule has 28 heavy (non-hydrogen) atoms. The number of morpholine rings is 1. The van der Waals surface area contributed by atoms with Gasteiger partial charge in [-0.15, -0.1) is 11.3 Å². The summed E-state index contributed by atoms with van der Waals surface area (Å²) in [5.74, 6) is -0.594. The van der Waals surface area contributed by atoms with Crippen LogP contribution in [0.2, 0.25) is 0 Å². The molecule has 2 aromatic heterocycles. The summed E-state index contributed by atoms with van der Waals surface area (Å²) in [6, 6.07) is 1.97. The summed E-state index contributed by atoms with van der Waals surface area (Å²) in [6.07, 6.45) is 5.69. The molecule has 0 atom stereocenters. The van der Waals surface area contributed by atoms with Gasteiger partial charge in [-0.05, 0) is 44.2 Å². The lowest BCUT2D eigenvalue weighted by Gasteiger charge is -2.25. The molecule has 0 unspecified atom stereocenters. The largest absolute Gasteiger partial charge is 0.378 e. The van der Waals surface area contributed by atoms with Crippen LogP contribution in [0.3, 0.4) is 0 Å². The first-order valence-electron chi connectivity index (χ1n) is 9.64. The number of nitrogens with one attached hydrogen (secondary N) is 2. The van der Waals surface area contributed by atoms with Crippen molar-refractivity contribution in [3.05, 3.63) is 32.0 Å². The van der Waals surface area contributed by atoms with Gasteiger partial charge in [-0.1, -0.05) is 17.8 Å². The molecule has 150 valence electrons. The maximum atomic E-state index is 12.5. The fraction of sp³-hybridized carbons (Fsp3) is 0.526. The van der Waals surface area contributed by atoms with Gasteiger partial charge in [0.05, 0.1) is 23.8 Å². The summed E-state index contributed by atoms with van der Waals surface area (Å²) in [7, 11) is 0. The number of rotatable bonds is 3. The number of aryl methyl sites for hydroxylation is 3. The first-order chi connectivity index (χ1) is 13.6. The molecule has 0 saturated carbocycles. The van der Waals surface area contributed by atoms with E-state index in [1.807, 2.05) is 13.0 Å². The molecule has 1 fully saturated rings. The maximum absolute atomic E-state index is 12.5. The average molecular weight is 421 g/mol. The normalized spacial score (nSPS) is 17.0. The second-order valence-electron chi connectivity index (χ2n) is 7.04. The highest BCUT2D eigenvalue weighted by Crippen LogP contribution is 2.29. The minimum absolute atomic E-state index is 0.262. The molecule has 1 aliphatic carbocycles. The third-order valence-corrected chi connectivity index (χ3v) is 7.49. The number of aromatic nitrogens is 1. The molecule has 1 saturated heterocycles. The van der Waals surface area contributed by atoms with Crippen LogP contribution in [0.4, 0.5) is 5.13 Å². The fourth-order valence-electron chi connectivity index (χ4n) is 3.49. The van der Waals surface area contributed by atoms with Gasteiger partial charge in [-0.25, -0.2) is 4.98 Å². The Kier molecular flexibility index (Phi) is 5.93. The van der Waals surface area contributed by atoms with Crippen LogP contribution in [0, 0.1) is 6.92 Å². The number of thiophene rings is 1. The van der Waals surface area contributed by atoms with E-state index in [0.717, 1.165) is 31.1 Å². The summed E-state index contributed by atoms with van der Waals surface area (Å²) >= 11 is 2.88. The van der Waals surface area contributed by atoms with E-state index in [1.165, 1.54) is 52.4 Å². The standard InChI is InChI=1S/C19H24N4O3S2/c1-12-16(28-19(20-12)23-7-9-26-10-8-23)18(25)22-21-17(24)15-11-13-5-3-2-4-6-14(13)27-15/h11H,2-10H2,1H3,(H,21,24)(H,22,25). The molecule has 2 aliphatic rings. The molecule has 7 nitrogen and oxygen atoms in total. The molecular formula is C19H24N4O3S2. The van der Waals surface area contributed by atoms with Crippen LogP contribution >= 0.6 is 22.7 Å². The van der Waals surface area contributed by atoms with Gasteiger partial charge >= 0.3 is 0 Å². The number of fused-ring (bicyclic) bond motifs is 1. The summed E-state index contributed by atoms with van der Waals surface area (Å²) in [4.78, 5) is 34.1. The highest BCUT2D eigenvalue weighted by atomic mass is 32.1. The van der Waals surface area contributed by atoms with Crippen LogP contribution in [0.15, 0.2) is 6.07 Å². The second kappa shape index (κ2) is 8.59. The number of hydrogen-bond donors (Lipinski definition) is 2. The Morgan fingerprint density at radius 3 is 2.64 bits per heavy atom. The van der Waals surface area contributed by atoms with Crippen molar-refractivity contribution in [1.82, 2.24) is 15.8 Å². The molecule has 4 rings (SSSR count). The lowest BCUT2D eigenvalue weighted by Crippen LogP contribution is -2.41. The fourth-order valence-corrected chi connectivity index (χ4v) is 5.66. The van der Waals surface area contributed by atoms with Gasteiger partial charge in [-0.2, -0.15) is 0 Å². The van der Waals surface area contributed by atoms with E-state index in [-0.39, 0.29) is 11.8 Å². The van der Waals surface area contributed by atoms with E-state index in [9.17, 15) is 9.59 Å². The van der Waals surface area contributed by atoms with Crippen molar-refractivity contribution in [1.29, 1.82) is 0 Å². The lowest BCUT2D eigenvalue weighted by molar-refractivity contribution is 0.0850. The molecular weight excluding hydrogens is 396 g/mol. The first kappa shape index (κ1) is 19.4. The Morgan fingerprint density at radius 2 is 1.82 bits per heavy atom. The quantitative estimate of drug-likeness (QED) is 0.589. The molecule has 0 bridgehead atoms. The minimum atomic E-state index is -0.332. The molecule has 9 heteroatoms. The van der Waals surface area contributed by atoms with Crippen molar-refractivity contribution in [2.24, 2.45) is 0 Å². The predicted molar refractivity (Wildman–Crippen MR) is 110 cm³/mol. The van der Waals surface area contributed by atoms with Gasteiger partial charge < -0.3 is 9.64 Å². The van der Waals surface area contributed by atoms with Crippen molar-refractivity contribution in [2.45, 2.75) is 39.0 Å². The van der Waals surface area contributed by atoms with Crippen molar-refractivity contribution >= 4 is 39.6 Å². The number of carbonyl (C=O) groups is 2. The lowest BCUT2D eigenvalue weighted by atomic mass is 10.1.